The van der Waals surface area contributed by atoms with Crippen LogP contribution in [-0.4, -0.2) is 29.4 Å². The van der Waals surface area contributed by atoms with Gasteiger partial charge in [0.15, 0.2) is 5.13 Å². The van der Waals surface area contributed by atoms with Gasteiger partial charge in [0.1, 0.15) is 0 Å². The lowest BCUT2D eigenvalue weighted by molar-refractivity contribution is -0.134. The lowest BCUT2D eigenvalue weighted by Crippen LogP contribution is -2.23. The van der Waals surface area contributed by atoms with Crippen molar-refractivity contribution in [3.05, 3.63) is 59.7 Å². The van der Waals surface area contributed by atoms with Crippen molar-refractivity contribution in [1.29, 1.82) is 0 Å². The second kappa shape index (κ2) is 13.4. The molecule has 0 aliphatic rings. The lowest BCUT2D eigenvalue weighted by atomic mass is 10.1. The van der Waals surface area contributed by atoms with Gasteiger partial charge >= 0.3 is 5.97 Å². The van der Waals surface area contributed by atoms with E-state index in [4.69, 9.17) is 9.57 Å². The highest BCUT2D eigenvalue weighted by atomic mass is 32.1. The number of esters is 1. The molecule has 0 atom stereocenters. The molecule has 9 heteroatoms. The molecule has 0 bridgehead atoms. The summed E-state index contributed by atoms with van der Waals surface area (Å²) in [6, 6.07) is 14.8. The van der Waals surface area contributed by atoms with Gasteiger partial charge in [0, 0.05) is 12.8 Å². The van der Waals surface area contributed by atoms with E-state index in [0.717, 1.165) is 41.5 Å². The predicted octanol–water partition coefficient (Wildman–Crippen LogP) is 5.00. The van der Waals surface area contributed by atoms with Crippen molar-refractivity contribution in [2.45, 2.75) is 52.1 Å². The molecule has 3 aromatic rings. The van der Waals surface area contributed by atoms with Crippen LogP contribution in [0.25, 0.3) is 10.2 Å². The first-order valence-corrected chi connectivity index (χ1v) is 12.2. The minimum atomic E-state index is -0.374. The van der Waals surface area contributed by atoms with Gasteiger partial charge in [-0.25, -0.2) is 15.3 Å². The van der Waals surface area contributed by atoms with Crippen LogP contribution in [0.5, 0.6) is 0 Å². The van der Waals surface area contributed by atoms with Crippen LogP contribution < -0.4 is 10.8 Å². The largest absolute Gasteiger partial charge is 0.462 e. The Labute approximate surface area is 202 Å². The summed E-state index contributed by atoms with van der Waals surface area (Å²) >= 11 is 1.32. The molecular weight excluding hydrogens is 454 g/mol. The molecule has 0 unspecified atom stereocenters. The minimum Gasteiger partial charge on any atom is -0.462 e. The Bertz CT molecular complexity index is 1100. The topological polar surface area (TPSA) is 107 Å². The third kappa shape index (κ3) is 8.24. The number of ether oxygens (including phenoxy) is 1. The van der Waals surface area contributed by atoms with Crippen LogP contribution in [0.3, 0.4) is 0 Å². The Morgan fingerprint density at radius 1 is 0.941 bits per heavy atom. The number of carbonyl (C=O) groups excluding carboxylic acids is 3. The summed E-state index contributed by atoms with van der Waals surface area (Å²) in [6.45, 7) is 2.41. The number of hydrogen-bond donors (Lipinski definition) is 2. The minimum absolute atomic E-state index is 0.100. The molecule has 180 valence electrons. The number of unbranched alkanes of at least 4 members (excludes halogenated alkanes) is 3. The van der Waals surface area contributed by atoms with Crippen molar-refractivity contribution in [2.75, 3.05) is 11.9 Å². The zero-order valence-electron chi connectivity index (χ0n) is 19.2. The molecule has 2 aromatic carbocycles. The van der Waals surface area contributed by atoms with Gasteiger partial charge in [-0.2, -0.15) is 0 Å². The Morgan fingerprint density at radius 2 is 1.68 bits per heavy atom. The summed E-state index contributed by atoms with van der Waals surface area (Å²) in [5.41, 5.74) is 4.64. The van der Waals surface area contributed by atoms with E-state index in [1.54, 1.807) is 25.1 Å². The first-order valence-electron chi connectivity index (χ1n) is 11.4. The van der Waals surface area contributed by atoms with Crippen LogP contribution in [0.15, 0.2) is 48.5 Å². The van der Waals surface area contributed by atoms with E-state index in [1.165, 1.54) is 11.3 Å². The van der Waals surface area contributed by atoms with E-state index in [1.807, 2.05) is 30.3 Å². The number of carbonyl (C=O) groups is 3. The van der Waals surface area contributed by atoms with Crippen molar-refractivity contribution < 1.29 is 24.0 Å². The summed E-state index contributed by atoms with van der Waals surface area (Å²) < 4.78 is 5.83. The maximum atomic E-state index is 12.2. The van der Waals surface area contributed by atoms with Crippen molar-refractivity contribution in [3.8, 4) is 0 Å². The van der Waals surface area contributed by atoms with Crippen LogP contribution in [0.2, 0.25) is 0 Å². The number of amides is 2. The van der Waals surface area contributed by atoms with Crippen molar-refractivity contribution in [1.82, 2.24) is 10.5 Å². The average molecular weight is 484 g/mol. The molecule has 0 saturated heterocycles. The molecular formula is C25H29N3O5S. The quantitative estimate of drug-likeness (QED) is 0.201. The molecule has 0 aliphatic heterocycles. The zero-order valence-corrected chi connectivity index (χ0v) is 20.0. The fraction of sp³-hybridized carbons (Fsp3) is 0.360. The highest BCUT2D eigenvalue weighted by molar-refractivity contribution is 7.22. The van der Waals surface area contributed by atoms with Crippen LogP contribution in [-0.2, 0) is 25.8 Å². The van der Waals surface area contributed by atoms with Gasteiger partial charge in [-0.3, -0.25) is 14.4 Å². The number of rotatable bonds is 13. The second-order valence-electron chi connectivity index (χ2n) is 7.68. The van der Waals surface area contributed by atoms with E-state index in [2.05, 4.69) is 15.8 Å². The summed E-state index contributed by atoms with van der Waals surface area (Å²) in [5, 5.41) is 3.33. The van der Waals surface area contributed by atoms with Crippen molar-refractivity contribution in [3.63, 3.8) is 0 Å². The predicted molar refractivity (Wildman–Crippen MR) is 131 cm³/mol. The number of benzene rings is 2. The maximum absolute atomic E-state index is 12.2. The standard InChI is InChI=1S/C25H29N3O5S/c1-2-32-24(31)19-14-15-20-21(16-19)34-25(26-20)27-22(29)12-8-3-4-9-13-23(30)28-33-17-18-10-6-5-7-11-18/h5-7,10-11,14-16H,2-4,8-9,12-13,17H2,1H3,(H,28,30)(H,26,27,29). The normalized spacial score (nSPS) is 10.7. The third-order valence-electron chi connectivity index (χ3n) is 4.97. The molecule has 0 fully saturated rings. The average Bonchev–Trinajstić information content (AvgIpc) is 3.23. The first-order chi connectivity index (χ1) is 16.5. The Kier molecular flexibility index (Phi) is 9.99. The SMILES string of the molecule is CCOC(=O)c1ccc2nc(NC(=O)CCCCCCC(=O)NOCc3ccccc3)sc2c1. The molecule has 2 N–H and O–H groups in total. The Morgan fingerprint density at radius 3 is 2.41 bits per heavy atom. The van der Waals surface area contributed by atoms with Crippen LogP contribution in [0.1, 0.15) is 61.4 Å². The van der Waals surface area contributed by atoms with E-state index < -0.39 is 0 Å². The first kappa shape index (κ1) is 25.3. The van der Waals surface area contributed by atoms with Crippen LogP contribution in [0, 0.1) is 0 Å². The van der Waals surface area contributed by atoms with E-state index in [0.29, 0.717) is 36.8 Å². The van der Waals surface area contributed by atoms with Crippen LogP contribution >= 0.6 is 11.3 Å². The number of nitrogens with zero attached hydrogens (tertiary/aromatic N) is 1. The number of nitrogens with one attached hydrogen (secondary N) is 2. The zero-order chi connectivity index (χ0) is 24.2. The number of hydroxylamine groups is 1. The molecule has 0 saturated carbocycles. The molecule has 0 aliphatic carbocycles. The summed E-state index contributed by atoms with van der Waals surface area (Å²) in [5.74, 6) is -0.618. The van der Waals surface area contributed by atoms with E-state index in [9.17, 15) is 14.4 Å². The second-order valence-corrected chi connectivity index (χ2v) is 8.71. The maximum Gasteiger partial charge on any atom is 0.338 e. The highest BCUT2D eigenvalue weighted by Crippen LogP contribution is 2.27. The molecule has 2 amide bonds. The smallest absolute Gasteiger partial charge is 0.338 e. The van der Waals surface area contributed by atoms with Gasteiger partial charge in [-0.15, -0.1) is 0 Å². The molecule has 0 radical (unpaired) electrons. The van der Waals surface area contributed by atoms with Crippen LogP contribution in [0.4, 0.5) is 5.13 Å². The van der Waals surface area contributed by atoms with E-state index >= 15 is 0 Å². The molecule has 1 aromatic heterocycles. The van der Waals surface area contributed by atoms with Gasteiger partial charge < -0.3 is 10.1 Å². The van der Waals surface area contributed by atoms with Crippen molar-refractivity contribution >= 4 is 44.5 Å². The Hall–Kier alpha value is -3.30. The summed E-state index contributed by atoms with van der Waals surface area (Å²) in [6.07, 6.45) is 3.96. The number of aromatic nitrogens is 1. The van der Waals surface area contributed by atoms with Gasteiger partial charge in [0.2, 0.25) is 11.8 Å². The molecule has 34 heavy (non-hydrogen) atoms. The lowest BCUT2D eigenvalue weighted by Gasteiger charge is -2.06. The number of hydrogen-bond acceptors (Lipinski definition) is 7. The van der Waals surface area contributed by atoms with Gasteiger partial charge in [-0.1, -0.05) is 54.5 Å². The Balaban J connectivity index is 1.28. The number of anilines is 1. The molecule has 1 heterocycles. The summed E-state index contributed by atoms with van der Waals surface area (Å²) in [7, 11) is 0. The van der Waals surface area contributed by atoms with Gasteiger partial charge in [-0.05, 0) is 43.5 Å². The van der Waals surface area contributed by atoms with Crippen molar-refractivity contribution in [2.24, 2.45) is 0 Å². The third-order valence-corrected chi connectivity index (χ3v) is 5.90. The molecule has 3 rings (SSSR count). The monoisotopic (exact) mass is 483 g/mol. The fourth-order valence-electron chi connectivity index (χ4n) is 3.25. The van der Waals surface area contributed by atoms with Gasteiger partial charge in [0.25, 0.3) is 0 Å². The highest BCUT2D eigenvalue weighted by Gasteiger charge is 2.12. The summed E-state index contributed by atoms with van der Waals surface area (Å²) in [4.78, 5) is 45.5. The van der Waals surface area contributed by atoms with E-state index in [-0.39, 0.29) is 17.8 Å². The van der Waals surface area contributed by atoms with Gasteiger partial charge in [0.05, 0.1) is 29.0 Å². The number of thiazole rings is 1. The molecule has 0 spiro atoms. The molecule has 8 nitrogen and oxygen atoms in total. The number of fused-ring (bicyclic) bond motifs is 1. The fourth-order valence-corrected chi connectivity index (χ4v) is 4.17.